The number of carbonyl (C=O) groups excluding carboxylic acids is 1. The van der Waals surface area contributed by atoms with E-state index in [-0.39, 0.29) is 5.56 Å². The van der Waals surface area contributed by atoms with Crippen LogP contribution in [0, 0.1) is 0 Å². The topological polar surface area (TPSA) is 94.1 Å². The first kappa shape index (κ1) is 22.0. The first-order valence-corrected chi connectivity index (χ1v) is 9.96. The molecule has 0 spiro atoms. The van der Waals surface area contributed by atoms with E-state index < -0.39 is 17.9 Å². The molecule has 8 heteroatoms. The number of ether oxygens (including phenoxy) is 3. The molecule has 1 aromatic rings. The molecule has 0 saturated carbocycles. The van der Waals surface area contributed by atoms with E-state index in [2.05, 4.69) is 5.32 Å². The van der Waals surface area contributed by atoms with E-state index in [0.717, 1.165) is 0 Å². The third-order valence-corrected chi connectivity index (χ3v) is 4.03. The Morgan fingerprint density at radius 1 is 1.08 bits per heavy atom. The molecule has 26 heavy (non-hydrogen) atoms. The van der Waals surface area contributed by atoms with Gasteiger partial charge < -0.3 is 24.6 Å². The normalized spacial score (nSPS) is 11.5. The fourth-order valence-corrected chi connectivity index (χ4v) is 2.73. The highest BCUT2D eigenvalue weighted by molar-refractivity contribution is 7.98. The van der Waals surface area contributed by atoms with E-state index in [4.69, 9.17) is 14.2 Å². The van der Waals surface area contributed by atoms with Crippen LogP contribution in [0.2, 0.25) is 0 Å². The maximum atomic E-state index is 12.6. The highest BCUT2D eigenvalue weighted by Crippen LogP contribution is 2.39. The number of thioether (sulfide) groups is 1. The van der Waals surface area contributed by atoms with Crippen LogP contribution in [0.25, 0.3) is 0 Å². The number of amides is 1. The predicted octanol–water partition coefficient (Wildman–Crippen LogP) is 2.82. The number of nitrogens with one attached hydrogen (secondary N) is 1. The monoisotopic (exact) mass is 385 g/mol. The Labute approximate surface area is 158 Å². The molecule has 0 bridgehead atoms. The summed E-state index contributed by atoms with van der Waals surface area (Å²) in [6.07, 6.45) is 2.23. The number of aliphatic carboxylic acids is 1. The first-order valence-electron chi connectivity index (χ1n) is 8.57. The van der Waals surface area contributed by atoms with Crippen LogP contribution in [0.3, 0.4) is 0 Å². The Hall–Kier alpha value is -2.09. The zero-order valence-electron chi connectivity index (χ0n) is 15.7. The second kappa shape index (κ2) is 11.5. The third kappa shape index (κ3) is 6.33. The molecule has 0 saturated heterocycles. The second-order valence-electron chi connectivity index (χ2n) is 5.25. The molecule has 1 atom stereocenters. The molecule has 1 aromatic carbocycles. The van der Waals surface area contributed by atoms with Crippen molar-refractivity contribution in [2.24, 2.45) is 0 Å². The van der Waals surface area contributed by atoms with E-state index in [0.29, 0.717) is 49.2 Å². The number of hydrogen-bond donors (Lipinski definition) is 2. The molecule has 0 aliphatic carbocycles. The fraction of sp³-hybridized carbons (Fsp3) is 0.556. The lowest BCUT2D eigenvalue weighted by Crippen LogP contribution is -2.41. The molecule has 1 amide bonds. The summed E-state index contributed by atoms with van der Waals surface area (Å²) in [5.74, 6) is 0.291. The Morgan fingerprint density at radius 2 is 1.62 bits per heavy atom. The van der Waals surface area contributed by atoms with Crippen LogP contribution < -0.4 is 19.5 Å². The molecule has 0 aliphatic rings. The van der Waals surface area contributed by atoms with Gasteiger partial charge >= 0.3 is 5.97 Å². The van der Waals surface area contributed by atoms with Gasteiger partial charge in [-0.15, -0.1) is 0 Å². The quantitative estimate of drug-likeness (QED) is 0.571. The summed E-state index contributed by atoms with van der Waals surface area (Å²) in [6.45, 7) is 6.69. The van der Waals surface area contributed by atoms with Crippen molar-refractivity contribution in [3.05, 3.63) is 17.7 Å². The molecule has 0 aliphatic heterocycles. The number of benzene rings is 1. The van der Waals surface area contributed by atoms with Gasteiger partial charge in [0.25, 0.3) is 5.91 Å². The molecule has 2 N–H and O–H groups in total. The lowest BCUT2D eigenvalue weighted by atomic mass is 10.1. The van der Waals surface area contributed by atoms with Gasteiger partial charge in [-0.2, -0.15) is 11.8 Å². The van der Waals surface area contributed by atoms with E-state index in [1.165, 1.54) is 11.8 Å². The molecule has 0 heterocycles. The molecule has 1 unspecified atom stereocenters. The molecule has 0 fully saturated rings. The van der Waals surface area contributed by atoms with Gasteiger partial charge in [0.2, 0.25) is 5.75 Å². The first-order chi connectivity index (χ1) is 12.5. The van der Waals surface area contributed by atoms with Crippen molar-refractivity contribution in [2.75, 3.05) is 31.8 Å². The van der Waals surface area contributed by atoms with Gasteiger partial charge in [-0.1, -0.05) is 0 Å². The van der Waals surface area contributed by atoms with Gasteiger partial charge in [0.1, 0.15) is 6.04 Å². The van der Waals surface area contributed by atoms with Gasteiger partial charge in [-0.05, 0) is 51.3 Å². The summed E-state index contributed by atoms with van der Waals surface area (Å²) in [5.41, 5.74) is 0.260. The minimum Gasteiger partial charge on any atom is -0.490 e. The molecular weight excluding hydrogens is 358 g/mol. The van der Waals surface area contributed by atoms with Crippen molar-refractivity contribution in [2.45, 2.75) is 33.2 Å². The SMILES string of the molecule is CCOc1cc(C(=O)NC(CCSC)C(=O)O)cc(OCC)c1OCC. The van der Waals surface area contributed by atoms with Crippen LogP contribution in [-0.4, -0.2) is 54.9 Å². The highest BCUT2D eigenvalue weighted by atomic mass is 32.2. The summed E-state index contributed by atoms with van der Waals surface area (Å²) in [6, 6.07) is 2.13. The summed E-state index contributed by atoms with van der Waals surface area (Å²) in [5, 5.41) is 11.8. The highest BCUT2D eigenvalue weighted by Gasteiger charge is 2.23. The number of carboxylic acids is 1. The van der Waals surface area contributed by atoms with Gasteiger partial charge in [0.15, 0.2) is 11.5 Å². The van der Waals surface area contributed by atoms with Crippen LogP contribution in [0.15, 0.2) is 12.1 Å². The van der Waals surface area contributed by atoms with Crippen molar-refractivity contribution < 1.29 is 28.9 Å². The Balaban J connectivity index is 3.16. The average Bonchev–Trinajstić information content (AvgIpc) is 2.61. The van der Waals surface area contributed by atoms with Crippen LogP contribution >= 0.6 is 11.8 Å². The van der Waals surface area contributed by atoms with Crippen molar-refractivity contribution in [1.82, 2.24) is 5.32 Å². The van der Waals surface area contributed by atoms with Crippen molar-refractivity contribution in [1.29, 1.82) is 0 Å². The van der Waals surface area contributed by atoms with Crippen molar-refractivity contribution in [3.63, 3.8) is 0 Å². The van der Waals surface area contributed by atoms with E-state index in [9.17, 15) is 14.7 Å². The number of carboxylic acid groups (broad SMARTS) is 1. The molecule has 7 nitrogen and oxygen atoms in total. The van der Waals surface area contributed by atoms with Gasteiger partial charge in [0.05, 0.1) is 19.8 Å². The Morgan fingerprint density at radius 3 is 2.04 bits per heavy atom. The predicted molar refractivity (Wildman–Crippen MR) is 102 cm³/mol. The molecule has 0 aromatic heterocycles. The summed E-state index contributed by atoms with van der Waals surface area (Å²) in [7, 11) is 0. The molecule has 146 valence electrons. The zero-order chi connectivity index (χ0) is 19.5. The Bertz CT molecular complexity index is 580. The summed E-state index contributed by atoms with van der Waals surface area (Å²) in [4.78, 5) is 23.9. The maximum absolute atomic E-state index is 12.6. The smallest absolute Gasteiger partial charge is 0.326 e. The Kier molecular flexibility index (Phi) is 9.72. The minimum absolute atomic E-state index is 0.260. The lowest BCUT2D eigenvalue weighted by molar-refractivity contribution is -0.139. The third-order valence-electron chi connectivity index (χ3n) is 3.39. The minimum atomic E-state index is -1.06. The van der Waals surface area contributed by atoms with Crippen molar-refractivity contribution in [3.8, 4) is 17.2 Å². The van der Waals surface area contributed by atoms with Crippen molar-refractivity contribution >= 4 is 23.6 Å². The van der Waals surface area contributed by atoms with E-state index >= 15 is 0 Å². The van der Waals surface area contributed by atoms with Gasteiger partial charge in [0, 0.05) is 5.56 Å². The standard InChI is InChI=1S/C18H27NO6S/c1-5-23-14-10-12(11-15(24-6-2)16(14)25-7-3)17(20)19-13(18(21)22)8-9-26-4/h10-11,13H,5-9H2,1-4H3,(H,19,20)(H,21,22). The van der Waals surface area contributed by atoms with E-state index in [1.54, 1.807) is 12.1 Å². The molecular formula is C18H27NO6S. The van der Waals surface area contributed by atoms with Crippen LogP contribution in [0.4, 0.5) is 0 Å². The summed E-state index contributed by atoms with van der Waals surface area (Å²) >= 11 is 1.52. The van der Waals surface area contributed by atoms with E-state index in [1.807, 2.05) is 27.0 Å². The second-order valence-corrected chi connectivity index (χ2v) is 6.23. The zero-order valence-corrected chi connectivity index (χ0v) is 16.5. The van der Waals surface area contributed by atoms with Crippen LogP contribution in [0.5, 0.6) is 17.2 Å². The molecule has 1 rings (SSSR count). The lowest BCUT2D eigenvalue weighted by Gasteiger charge is -2.18. The maximum Gasteiger partial charge on any atom is 0.326 e. The van der Waals surface area contributed by atoms with Crippen LogP contribution in [-0.2, 0) is 4.79 Å². The van der Waals surface area contributed by atoms with Gasteiger partial charge in [-0.3, -0.25) is 4.79 Å². The summed E-state index contributed by atoms with van der Waals surface area (Å²) < 4.78 is 16.8. The number of hydrogen-bond acceptors (Lipinski definition) is 6. The fourth-order valence-electron chi connectivity index (χ4n) is 2.25. The molecule has 0 radical (unpaired) electrons. The van der Waals surface area contributed by atoms with Gasteiger partial charge in [-0.25, -0.2) is 4.79 Å². The largest absolute Gasteiger partial charge is 0.490 e. The van der Waals surface area contributed by atoms with Crippen LogP contribution in [0.1, 0.15) is 37.6 Å². The number of carbonyl (C=O) groups is 2. The number of rotatable bonds is 12. The average molecular weight is 385 g/mol.